The summed E-state index contributed by atoms with van der Waals surface area (Å²) in [7, 11) is 0. The molecule has 0 saturated carbocycles. The van der Waals surface area contributed by atoms with Crippen LogP contribution in [0.25, 0.3) is 0 Å². The number of nitrogens with zero attached hydrogens (tertiary/aromatic N) is 3. The number of nitrogens with two attached hydrogens (primary N) is 1. The zero-order valence-electron chi connectivity index (χ0n) is 10.8. The van der Waals surface area contributed by atoms with Gasteiger partial charge in [-0.15, -0.1) is 5.10 Å². The first-order chi connectivity index (χ1) is 8.79. The van der Waals surface area contributed by atoms with Crippen molar-refractivity contribution in [3.63, 3.8) is 0 Å². The van der Waals surface area contributed by atoms with E-state index in [0.717, 1.165) is 38.0 Å². The van der Waals surface area contributed by atoms with E-state index < -0.39 is 0 Å². The Bertz CT molecular complexity index is 490. The van der Waals surface area contributed by atoms with Crippen molar-refractivity contribution in [1.82, 2.24) is 15.0 Å². The van der Waals surface area contributed by atoms with Gasteiger partial charge in [0.05, 0.1) is 12.2 Å². The minimum absolute atomic E-state index is 0.747. The Morgan fingerprint density at radius 2 is 2.06 bits per heavy atom. The normalized spacial score (nSPS) is 10.8. The minimum Gasteiger partial charge on any atom is -0.330 e. The van der Waals surface area contributed by atoms with Gasteiger partial charge in [-0.25, -0.2) is 4.68 Å². The van der Waals surface area contributed by atoms with Crippen LogP contribution in [-0.4, -0.2) is 21.5 Å². The molecule has 0 amide bonds. The number of rotatable bonds is 6. The SMILES string of the molecule is Cc1ccccc1Cn1cc(CCCCN)nn1. The smallest absolute Gasteiger partial charge is 0.0827 e. The number of aryl methyl sites for hydroxylation is 2. The van der Waals surface area contributed by atoms with Crippen LogP contribution in [0.2, 0.25) is 0 Å². The molecule has 4 heteroatoms. The van der Waals surface area contributed by atoms with Crippen LogP contribution >= 0.6 is 0 Å². The van der Waals surface area contributed by atoms with E-state index in [1.807, 2.05) is 10.9 Å². The number of hydrogen-bond acceptors (Lipinski definition) is 3. The molecule has 0 aliphatic heterocycles. The van der Waals surface area contributed by atoms with Gasteiger partial charge in [0.2, 0.25) is 0 Å². The first-order valence-corrected chi connectivity index (χ1v) is 6.43. The molecule has 1 aromatic heterocycles. The second-order valence-corrected chi connectivity index (χ2v) is 4.58. The molecule has 1 aromatic carbocycles. The molecule has 0 spiro atoms. The lowest BCUT2D eigenvalue weighted by molar-refractivity contribution is 0.646. The highest BCUT2D eigenvalue weighted by molar-refractivity contribution is 5.25. The zero-order chi connectivity index (χ0) is 12.8. The fraction of sp³-hybridized carbons (Fsp3) is 0.429. The van der Waals surface area contributed by atoms with E-state index in [9.17, 15) is 0 Å². The molecule has 0 radical (unpaired) electrons. The van der Waals surface area contributed by atoms with Gasteiger partial charge in [0.1, 0.15) is 0 Å². The van der Waals surface area contributed by atoms with Crippen LogP contribution in [0.1, 0.15) is 29.7 Å². The lowest BCUT2D eigenvalue weighted by atomic mass is 10.1. The van der Waals surface area contributed by atoms with Gasteiger partial charge >= 0.3 is 0 Å². The summed E-state index contributed by atoms with van der Waals surface area (Å²) in [6.45, 7) is 3.66. The summed E-state index contributed by atoms with van der Waals surface area (Å²) in [5.74, 6) is 0. The topological polar surface area (TPSA) is 56.7 Å². The molecule has 4 nitrogen and oxygen atoms in total. The average molecular weight is 244 g/mol. The Morgan fingerprint density at radius 3 is 2.83 bits per heavy atom. The molecule has 0 saturated heterocycles. The Kier molecular flexibility index (Phi) is 4.47. The molecule has 0 unspecified atom stereocenters. The van der Waals surface area contributed by atoms with Crippen LogP contribution in [0.5, 0.6) is 0 Å². The van der Waals surface area contributed by atoms with Crippen molar-refractivity contribution in [3.8, 4) is 0 Å². The van der Waals surface area contributed by atoms with E-state index in [-0.39, 0.29) is 0 Å². The number of hydrogen-bond donors (Lipinski definition) is 1. The summed E-state index contributed by atoms with van der Waals surface area (Å²) < 4.78 is 1.90. The van der Waals surface area contributed by atoms with E-state index in [2.05, 4.69) is 41.5 Å². The molecule has 2 rings (SSSR count). The summed E-state index contributed by atoms with van der Waals surface area (Å²) in [5, 5.41) is 8.35. The van der Waals surface area contributed by atoms with Gasteiger partial charge in [-0.3, -0.25) is 0 Å². The summed E-state index contributed by atoms with van der Waals surface area (Å²) in [5.41, 5.74) is 9.11. The number of unbranched alkanes of at least 4 members (excludes halogenated alkanes) is 1. The van der Waals surface area contributed by atoms with Crippen LogP contribution in [0, 0.1) is 6.92 Å². The predicted octanol–water partition coefficient (Wildman–Crippen LogP) is 1.92. The monoisotopic (exact) mass is 244 g/mol. The molecule has 1 heterocycles. The molecule has 18 heavy (non-hydrogen) atoms. The second-order valence-electron chi connectivity index (χ2n) is 4.58. The highest BCUT2D eigenvalue weighted by Crippen LogP contribution is 2.09. The van der Waals surface area contributed by atoms with Gasteiger partial charge in [-0.2, -0.15) is 0 Å². The maximum atomic E-state index is 5.48. The standard InChI is InChI=1S/C14H20N4/c1-12-6-2-3-7-13(12)10-18-11-14(16-17-18)8-4-5-9-15/h2-3,6-7,11H,4-5,8-10,15H2,1H3. The molecule has 0 aliphatic rings. The van der Waals surface area contributed by atoms with Crippen LogP contribution in [0.4, 0.5) is 0 Å². The Labute approximate surface area is 108 Å². The highest BCUT2D eigenvalue weighted by Gasteiger charge is 2.03. The molecular formula is C14H20N4. The van der Waals surface area contributed by atoms with Crippen LogP contribution < -0.4 is 5.73 Å². The molecule has 0 fully saturated rings. The van der Waals surface area contributed by atoms with E-state index in [4.69, 9.17) is 5.73 Å². The first kappa shape index (κ1) is 12.8. The summed E-state index contributed by atoms with van der Waals surface area (Å²) in [4.78, 5) is 0. The van der Waals surface area contributed by atoms with E-state index in [1.54, 1.807) is 0 Å². The van der Waals surface area contributed by atoms with Gasteiger partial charge in [-0.1, -0.05) is 29.5 Å². The van der Waals surface area contributed by atoms with Crippen molar-refractivity contribution in [2.45, 2.75) is 32.7 Å². The van der Waals surface area contributed by atoms with E-state index in [1.165, 1.54) is 11.1 Å². The molecule has 2 N–H and O–H groups in total. The molecule has 96 valence electrons. The van der Waals surface area contributed by atoms with Crippen LogP contribution in [0.3, 0.4) is 0 Å². The van der Waals surface area contributed by atoms with Crippen LogP contribution in [0.15, 0.2) is 30.5 Å². The largest absolute Gasteiger partial charge is 0.330 e. The summed E-state index contributed by atoms with van der Waals surface area (Å²) in [6.07, 6.45) is 5.12. The van der Waals surface area contributed by atoms with Crippen molar-refractivity contribution in [2.24, 2.45) is 5.73 Å². The average Bonchev–Trinajstić information content (AvgIpc) is 2.80. The van der Waals surface area contributed by atoms with Gasteiger partial charge in [-0.05, 0) is 43.9 Å². The second kappa shape index (κ2) is 6.31. The van der Waals surface area contributed by atoms with Crippen molar-refractivity contribution >= 4 is 0 Å². The molecule has 0 aliphatic carbocycles. The number of aromatic nitrogens is 3. The van der Waals surface area contributed by atoms with Gasteiger partial charge in [0.15, 0.2) is 0 Å². The molecule has 2 aromatic rings. The first-order valence-electron chi connectivity index (χ1n) is 6.43. The van der Waals surface area contributed by atoms with Crippen LogP contribution in [-0.2, 0) is 13.0 Å². The third-order valence-electron chi connectivity index (χ3n) is 3.07. The third-order valence-corrected chi connectivity index (χ3v) is 3.07. The van der Waals surface area contributed by atoms with E-state index in [0.29, 0.717) is 0 Å². The molecule has 0 bridgehead atoms. The predicted molar refractivity (Wildman–Crippen MR) is 72.3 cm³/mol. The zero-order valence-corrected chi connectivity index (χ0v) is 10.8. The Morgan fingerprint density at radius 1 is 1.22 bits per heavy atom. The quantitative estimate of drug-likeness (QED) is 0.790. The lowest BCUT2D eigenvalue weighted by Crippen LogP contribution is -2.02. The fourth-order valence-electron chi connectivity index (χ4n) is 1.94. The van der Waals surface area contributed by atoms with E-state index >= 15 is 0 Å². The minimum atomic E-state index is 0.747. The Balaban J connectivity index is 1.96. The van der Waals surface area contributed by atoms with Gasteiger partial charge in [0, 0.05) is 6.20 Å². The summed E-state index contributed by atoms with van der Waals surface area (Å²) in [6, 6.07) is 8.36. The van der Waals surface area contributed by atoms with Crippen molar-refractivity contribution in [3.05, 3.63) is 47.3 Å². The summed E-state index contributed by atoms with van der Waals surface area (Å²) >= 11 is 0. The molecular weight excluding hydrogens is 224 g/mol. The highest BCUT2D eigenvalue weighted by atomic mass is 15.4. The number of benzene rings is 1. The van der Waals surface area contributed by atoms with Crippen molar-refractivity contribution < 1.29 is 0 Å². The maximum absolute atomic E-state index is 5.48. The van der Waals surface area contributed by atoms with Gasteiger partial charge < -0.3 is 5.73 Å². The molecule has 0 atom stereocenters. The third kappa shape index (κ3) is 3.40. The lowest BCUT2D eigenvalue weighted by Gasteiger charge is -2.04. The Hall–Kier alpha value is -1.68. The maximum Gasteiger partial charge on any atom is 0.0827 e. The van der Waals surface area contributed by atoms with Crippen molar-refractivity contribution in [1.29, 1.82) is 0 Å². The van der Waals surface area contributed by atoms with Crippen molar-refractivity contribution in [2.75, 3.05) is 6.54 Å². The fourth-order valence-corrected chi connectivity index (χ4v) is 1.94. The van der Waals surface area contributed by atoms with Gasteiger partial charge in [0.25, 0.3) is 0 Å².